The normalized spacial score (nSPS) is 15.6. The van der Waals surface area contributed by atoms with Gasteiger partial charge in [0.05, 0.1) is 12.8 Å². The SMILES string of the molecule is COC(=O)[C@](O)([C@@H](Cl)C(=O)Nc1ccccc1F)C(F)(F)F. The average Bonchev–Trinajstić information content (AvgIpc) is 2.45. The lowest BCUT2D eigenvalue weighted by Crippen LogP contribution is -2.62. The molecule has 0 aliphatic heterocycles. The Kier molecular flexibility index (Phi) is 5.36. The van der Waals surface area contributed by atoms with Crippen LogP contribution in [0, 0.1) is 5.82 Å². The van der Waals surface area contributed by atoms with Crippen molar-refractivity contribution < 1.29 is 37.0 Å². The number of methoxy groups -OCH3 is 1. The molecule has 0 unspecified atom stereocenters. The zero-order chi connectivity index (χ0) is 17.1. The number of alkyl halides is 4. The number of carbonyl (C=O) groups is 2. The summed E-state index contributed by atoms with van der Waals surface area (Å²) in [7, 11) is 0.581. The fourth-order valence-corrected chi connectivity index (χ4v) is 1.73. The molecule has 1 amide bonds. The molecule has 0 fully saturated rings. The Hall–Kier alpha value is -1.87. The fraction of sp³-hybridized carbons (Fsp3) is 0.333. The first kappa shape index (κ1) is 18.2. The van der Waals surface area contributed by atoms with Crippen molar-refractivity contribution in [3.63, 3.8) is 0 Å². The molecule has 5 nitrogen and oxygen atoms in total. The number of aliphatic hydroxyl groups is 1. The van der Waals surface area contributed by atoms with Crippen LogP contribution in [0.2, 0.25) is 0 Å². The van der Waals surface area contributed by atoms with Gasteiger partial charge in [0.15, 0.2) is 5.38 Å². The van der Waals surface area contributed by atoms with Gasteiger partial charge >= 0.3 is 12.1 Å². The number of nitrogens with one attached hydrogen (secondary N) is 1. The highest BCUT2D eigenvalue weighted by Crippen LogP contribution is 2.37. The van der Waals surface area contributed by atoms with Gasteiger partial charge in [0.2, 0.25) is 5.91 Å². The molecule has 0 spiro atoms. The Morgan fingerprint density at radius 3 is 2.32 bits per heavy atom. The number of hydrogen-bond acceptors (Lipinski definition) is 4. The molecule has 0 saturated heterocycles. The quantitative estimate of drug-likeness (QED) is 0.497. The molecule has 0 radical (unpaired) electrons. The molecule has 1 aromatic carbocycles. The minimum Gasteiger partial charge on any atom is -0.467 e. The van der Waals surface area contributed by atoms with E-state index in [-0.39, 0.29) is 0 Å². The molecule has 1 aromatic rings. The average molecular weight is 344 g/mol. The second-order valence-corrected chi connectivity index (χ2v) is 4.52. The van der Waals surface area contributed by atoms with E-state index in [2.05, 4.69) is 4.74 Å². The number of anilines is 1. The number of amides is 1. The zero-order valence-corrected chi connectivity index (χ0v) is 11.7. The molecule has 2 N–H and O–H groups in total. The van der Waals surface area contributed by atoms with Crippen LogP contribution in [0.5, 0.6) is 0 Å². The van der Waals surface area contributed by atoms with Crippen molar-refractivity contribution in [2.24, 2.45) is 0 Å². The standard InChI is InChI=1S/C12H10ClF4NO4/c1-22-10(20)11(21,12(15,16)17)8(13)9(19)18-7-5-3-2-4-6(7)14/h2-5,8,21H,1H3,(H,18,19)/t8-,11+/m0/s1. The molecular weight excluding hydrogens is 334 g/mol. The van der Waals surface area contributed by atoms with E-state index in [0.29, 0.717) is 7.11 Å². The van der Waals surface area contributed by atoms with Gasteiger partial charge in [-0.05, 0) is 12.1 Å². The Morgan fingerprint density at radius 2 is 1.86 bits per heavy atom. The third-order valence-electron chi connectivity index (χ3n) is 2.66. The molecule has 2 atom stereocenters. The van der Waals surface area contributed by atoms with Crippen LogP contribution in [0.25, 0.3) is 0 Å². The van der Waals surface area contributed by atoms with E-state index in [1.54, 1.807) is 5.32 Å². The highest BCUT2D eigenvalue weighted by atomic mass is 35.5. The first-order valence-electron chi connectivity index (χ1n) is 5.62. The van der Waals surface area contributed by atoms with Gasteiger partial charge in [-0.25, -0.2) is 9.18 Å². The van der Waals surface area contributed by atoms with Crippen molar-refractivity contribution in [2.75, 3.05) is 12.4 Å². The van der Waals surface area contributed by atoms with Gasteiger partial charge in [-0.2, -0.15) is 13.2 Å². The summed E-state index contributed by atoms with van der Waals surface area (Å²) in [6.07, 6.45) is -5.58. The van der Waals surface area contributed by atoms with Gasteiger partial charge in [0, 0.05) is 0 Å². The van der Waals surface area contributed by atoms with E-state index in [0.717, 1.165) is 12.1 Å². The van der Waals surface area contributed by atoms with Gasteiger partial charge in [0.1, 0.15) is 5.82 Å². The third kappa shape index (κ3) is 3.30. The van der Waals surface area contributed by atoms with Gasteiger partial charge < -0.3 is 15.2 Å². The van der Waals surface area contributed by atoms with Crippen LogP contribution in [-0.2, 0) is 14.3 Å². The first-order valence-corrected chi connectivity index (χ1v) is 6.06. The lowest BCUT2D eigenvalue weighted by atomic mass is 9.98. The van der Waals surface area contributed by atoms with Crippen LogP contribution >= 0.6 is 11.6 Å². The number of carbonyl (C=O) groups excluding carboxylic acids is 2. The summed E-state index contributed by atoms with van der Waals surface area (Å²) in [5.74, 6) is -4.73. The number of para-hydroxylation sites is 1. The summed E-state index contributed by atoms with van der Waals surface area (Å²) in [6.45, 7) is 0. The Morgan fingerprint density at radius 1 is 1.32 bits per heavy atom. The van der Waals surface area contributed by atoms with Crippen LogP contribution < -0.4 is 5.32 Å². The molecule has 0 aliphatic rings. The summed E-state index contributed by atoms with van der Waals surface area (Å²) in [5, 5.41) is 8.48. The lowest BCUT2D eigenvalue weighted by molar-refractivity contribution is -0.260. The van der Waals surface area contributed by atoms with Crippen LogP contribution in [0.4, 0.5) is 23.2 Å². The van der Waals surface area contributed by atoms with Crippen molar-refractivity contribution in [1.82, 2.24) is 0 Å². The predicted octanol–water partition coefficient (Wildman–Crippen LogP) is 1.84. The molecular formula is C12H10ClF4NO4. The minimum atomic E-state index is -5.58. The molecule has 0 bridgehead atoms. The smallest absolute Gasteiger partial charge is 0.430 e. The zero-order valence-electron chi connectivity index (χ0n) is 10.9. The van der Waals surface area contributed by atoms with E-state index in [1.165, 1.54) is 12.1 Å². The van der Waals surface area contributed by atoms with E-state index in [4.69, 9.17) is 11.6 Å². The maximum Gasteiger partial charge on any atom is 0.430 e. The fourth-order valence-electron chi connectivity index (χ4n) is 1.47. The Bertz CT molecular complexity index is 580. The third-order valence-corrected chi connectivity index (χ3v) is 3.17. The largest absolute Gasteiger partial charge is 0.467 e. The number of halogens is 5. The second-order valence-electron chi connectivity index (χ2n) is 4.09. The van der Waals surface area contributed by atoms with E-state index in [1.807, 2.05) is 0 Å². The van der Waals surface area contributed by atoms with Crippen LogP contribution in [0.3, 0.4) is 0 Å². The molecule has 10 heteroatoms. The molecule has 122 valence electrons. The minimum absolute atomic E-state index is 0.465. The van der Waals surface area contributed by atoms with Crippen molar-refractivity contribution in [2.45, 2.75) is 17.2 Å². The van der Waals surface area contributed by atoms with E-state index >= 15 is 0 Å². The number of hydrogen-bond donors (Lipinski definition) is 2. The van der Waals surface area contributed by atoms with Crippen molar-refractivity contribution in [3.05, 3.63) is 30.1 Å². The molecule has 0 aromatic heterocycles. The van der Waals surface area contributed by atoms with Gasteiger partial charge in [-0.15, -0.1) is 11.6 Å². The van der Waals surface area contributed by atoms with Crippen LogP contribution in [-0.4, -0.2) is 41.2 Å². The molecule has 1 rings (SSSR count). The maximum atomic E-state index is 13.3. The van der Waals surface area contributed by atoms with Crippen LogP contribution in [0.15, 0.2) is 24.3 Å². The maximum absolute atomic E-state index is 13.3. The van der Waals surface area contributed by atoms with Gasteiger partial charge in [-0.3, -0.25) is 4.79 Å². The van der Waals surface area contributed by atoms with Crippen molar-refractivity contribution >= 4 is 29.2 Å². The highest BCUT2D eigenvalue weighted by molar-refractivity contribution is 6.35. The van der Waals surface area contributed by atoms with Crippen molar-refractivity contribution in [3.8, 4) is 0 Å². The summed E-state index contributed by atoms with van der Waals surface area (Å²) in [4.78, 5) is 22.9. The van der Waals surface area contributed by atoms with Crippen molar-refractivity contribution in [1.29, 1.82) is 0 Å². The number of esters is 1. The summed E-state index contributed by atoms with van der Waals surface area (Å²) in [6, 6.07) is 4.58. The molecule has 0 saturated carbocycles. The summed E-state index contributed by atoms with van der Waals surface area (Å²) >= 11 is 5.29. The molecule has 0 aliphatic carbocycles. The molecule has 22 heavy (non-hydrogen) atoms. The Labute approximate surface area is 126 Å². The number of benzene rings is 1. The topological polar surface area (TPSA) is 75.6 Å². The van der Waals surface area contributed by atoms with E-state index in [9.17, 15) is 32.3 Å². The number of ether oxygens (including phenoxy) is 1. The lowest BCUT2D eigenvalue weighted by Gasteiger charge is -2.30. The van der Waals surface area contributed by atoms with Gasteiger partial charge in [0.25, 0.3) is 5.60 Å². The number of rotatable bonds is 4. The van der Waals surface area contributed by atoms with Crippen LogP contribution in [0.1, 0.15) is 0 Å². The van der Waals surface area contributed by atoms with Gasteiger partial charge in [-0.1, -0.05) is 12.1 Å². The highest BCUT2D eigenvalue weighted by Gasteiger charge is 2.67. The Balaban J connectivity index is 3.10. The van der Waals surface area contributed by atoms with E-state index < -0.39 is 40.5 Å². The molecule has 0 heterocycles. The summed E-state index contributed by atoms with van der Waals surface area (Å²) < 4.78 is 55.8. The predicted molar refractivity (Wildman–Crippen MR) is 67.7 cm³/mol. The monoisotopic (exact) mass is 343 g/mol. The second kappa shape index (κ2) is 6.49. The summed E-state index contributed by atoms with van der Waals surface area (Å²) in [5.41, 5.74) is -4.74. The first-order chi connectivity index (χ1) is 10.1.